The first-order chi connectivity index (χ1) is 12.0. The molecule has 1 aromatic heterocycles. The molecule has 4 nitrogen and oxygen atoms in total. The average molecular weight is 379 g/mol. The first-order valence-corrected chi connectivity index (χ1v) is 9.09. The third kappa shape index (κ3) is 3.61. The Hall–Kier alpha value is -1.75. The van der Waals surface area contributed by atoms with Crippen LogP contribution in [0, 0.1) is 0 Å². The van der Waals surface area contributed by atoms with Crippen LogP contribution in [0.1, 0.15) is 13.8 Å². The quantitative estimate of drug-likeness (QED) is 0.631. The van der Waals surface area contributed by atoms with Crippen molar-refractivity contribution in [2.24, 2.45) is 0 Å². The van der Waals surface area contributed by atoms with Crippen molar-refractivity contribution in [1.82, 2.24) is 9.88 Å². The summed E-state index contributed by atoms with van der Waals surface area (Å²) in [6, 6.07) is 8.76. The standard InChI is InChI=1S/C19H20Cl2N2O2/c1-3-23(4-2)9-10-25-12-5-6-13-16(11-12)22-18-14(19(13)24)7-8-15(20)17(18)21/h5-8,11H,3-4,9-10H2,1-2H3,(H,22,24). The first kappa shape index (κ1) is 18.1. The van der Waals surface area contributed by atoms with E-state index in [0.717, 1.165) is 19.6 Å². The summed E-state index contributed by atoms with van der Waals surface area (Å²) in [6.07, 6.45) is 0. The molecule has 0 fully saturated rings. The average Bonchev–Trinajstić information content (AvgIpc) is 2.62. The molecule has 1 N–H and O–H groups in total. The molecule has 0 aliphatic heterocycles. The van der Waals surface area contributed by atoms with Gasteiger partial charge in [0.15, 0.2) is 5.43 Å². The molecule has 0 aliphatic carbocycles. The monoisotopic (exact) mass is 378 g/mol. The molecule has 1 heterocycles. The van der Waals surface area contributed by atoms with Crippen molar-refractivity contribution in [1.29, 1.82) is 0 Å². The molecule has 25 heavy (non-hydrogen) atoms. The molecule has 0 radical (unpaired) electrons. The predicted molar refractivity (Wildman–Crippen MR) is 105 cm³/mol. The summed E-state index contributed by atoms with van der Waals surface area (Å²) < 4.78 is 5.83. The van der Waals surface area contributed by atoms with Crippen molar-refractivity contribution in [3.8, 4) is 5.75 Å². The Morgan fingerprint density at radius 3 is 2.52 bits per heavy atom. The second-order valence-electron chi connectivity index (χ2n) is 5.82. The van der Waals surface area contributed by atoms with E-state index in [1.165, 1.54) is 0 Å². The number of hydrogen-bond acceptors (Lipinski definition) is 3. The molecule has 6 heteroatoms. The smallest absolute Gasteiger partial charge is 0.197 e. The molecular formula is C19H20Cl2N2O2. The van der Waals surface area contributed by atoms with E-state index in [1.54, 1.807) is 18.2 Å². The van der Waals surface area contributed by atoms with Gasteiger partial charge < -0.3 is 14.6 Å². The van der Waals surface area contributed by atoms with Crippen molar-refractivity contribution >= 4 is 45.0 Å². The largest absolute Gasteiger partial charge is 0.492 e. The molecule has 0 bridgehead atoms. The van der Waals surface area contributed by atoms with E-state index in [0.29, 0.717) is 44.2 Å². The molecule has 0 atom stereocenters. The van der Waals surface area contributed by atoms with E-state index in [-0.39, 0.29) is 5.43 Å². The Balaban J connectivity index is 1.95. The van der Waals surface area contributed by atoms with Gasteiger partial charge in [0.2, 0.25) is 0 Å². The lowest BCUT2D eigenvalue weighted by atomic mass is 10.1. The molecule has 2 aromatic carbocycles. The number of nitrogens with zero attached hydrogens (tertiary/aromatic N) is 1. The van der Waals surface area contributed by atoms with Crippen LogP contribution in [-0.4, -0.2) is 36.1 Å². The molecule has 0 unspecified atom stereocenters. The normalized spacial score (nSPS) is 11.6. The first-order valence-electron chi connectivity index (χ1n) is 8.34. The molecular weight excluding hydrogens is 359 g/mol. The Morgan fingerprint density at radius 2 is 1.80 bits per heavy atom. The number of halogens is 2. The number of pyridine rings is 1. The number of hydrogen-bond donors (Lipinski definition) is 1. The third-order valence-corrected chi connectivity index (χ3v) is 5.21. The van der Waals surface area contributed by atoms with Gasteiger partial charge in [-0.1, -0.05) is 37.0 Å². The van der Waals surface area contributed by atoms with Crippen molar-refractivity contribution in [3.63, 3.8) is 0 Å². The maximum Gasteiger partial charge on any atom is 0.197 e. The van der Waals surface area contributed by atoms with Crippen LogP contribution in [0.2, 0.25) is 10.0 Å². The lowest BCUT2D eigenvalue weighted by Gasteiger charge is -2.18. The second kappa shape index (κ2) is 7.65. The summed E-state index contributed by atoms with van der Waals surface area (Å²) in [7, 11) is 0. The Bertz CT molecular complexity index is 965. The third-order valence-electron chi connectivity index (χ3n) is 4.41. The summed E-state index contributed by atoms with van der Waals surface area (Å²) >= 11 is 12.3. The van der Waals surface area contributed by atoms with Crippen LogP contribution in [-0.2, 0) is 0 Å². The van der Waals surface area contributed by atoms with E-state index in [9.17, 15) is 4.79 Å². The van der Waals surface area contributed by atoms with Crippen LogP contribution in [0.25, 0.3) is 21.8 Å². The highest BCUT2D eigenvalue weighted by Crippen LogP contribution is 2.30. The summed E-state index contributed by atoms with van der Waals surface area (Å²) in [4.78, 5) is 18.2. The maximum absolute atomic E-state index is 12.7. The highest BCUT2D eigenvalue weighted by molar-refractivity contribution is 6.45. The number of nitrogens with one attached hydrogen (secondary N) is 1. The van der Waals surface area contributed by atoms with Crippen molar-refractivity contribution in [3.05, 3.63) is 50.6 Å². The van der Waals surface area contributed by atoms with Crippen LogP contribution in [0.15, 0.2) is 35.1 Å². The molecule has 3 aromatic rings. The fourth-order valence-corrected chi connectivity index (χ4v) is 3.26. The number of aromatic nitrogens is 1. The molecule has 132 valence electrons. The lowest BCUT2D eigenvalue weighted by molar-refractivity contribution is 0.223. The van der Waals surface area contributed by atoms with Crippen molar-refractivity contribution in [2.45, 2.75) is 13.8 Å². The van der Waals surface area contributed by atoms with Crippen LogP contribution in [0.4, 0.5) is 0 Å². The number of benzene rings is 2. The van der Waals surface area contributed by atoms with Gasteiger partial charge in [-0.25, -0.2) is 0 Å². The lowest BCUT2D eigenvalue weighted by Crippen LogP contribution is -2.27. The highest BCUT2D eigenvalue weighted by atomic mass is 35.5. The Kier molecular flexibility index (Phi) is 5.52. The molecule has 0 saturated carbocycles. The van der Waals surface area contributed by atoms with Crippen LogP contribution in [0.5, 0.6) is 5.75 Å². The SMILES string of the molecule is CCN(CC)CCOc1ccc2c(=O)c3ccc(Cl)c(Cl)c3[nH]c2c1. The molecule has 3 rings (SSSR count). The highest BCUT2D eigenvalue weighted by Gasteiger charge is 2.11. The zero-order valence-electron chi connectivity index (χ0n) is 14.2. The fraction of sp³-hybridized carbons (Fsp3) is 0.316. The van der Waals surface area contributed by atoms with Crippen molar-refractivity contribution in [2.75, 3.05) is 26.2 Å². The van der Waals surface area contributed by atoms with Gasteiger partial charge in [0.1, 0.15) is 12.4 Å². The summed E-state index contributed by atoms with van der Waals surface area (Å²) in [5, 5.41) is 1.89. The van der Waals surface area contributed by atoms with E-state index in [1.807, 2.05) is 12.1 Å². The van der Waals surface area contributed by atoms with Gasteiger partial charge in [-0.2, -0.15) is 0 Å². The summed E-state index contributed by atoms with van der Waals surface area (Å²) in [5.41, 5.74) is 1.16. The van der Waals surface area contributed by atoms with Gasteiger partial charge in [-0.3, -0.25) is 4.79 Å². The fourth-order valence-electron chi connectivity index (χ4n) is 2.89. The minimum absolute atomic E-state index is 0.0722. The van der Waals surface area contributed by atoms with Crippen LogP contribution >= 0.6 is 23.2 Å². The molecule has 0 spiro atoms. The summed E-state index contributed by atoms with van der Waals surface area (Å²) in [5.74, 6) is 0.716. The minimum atomic E-state index is -0.0722. The topological polar surface area (TPSA) is 45.3 Å². The summed E-state index contributed by atoms with van der Waals surface area (Å²) in [6.45, 7) is 7.71. The van der Waals surface area contributed by atoms with Gasteiger partial charge >= 0.3 is 0 Å². The van der Waals surface area contributed by atoms with Crippen LogP contribution < -0.4 is 10.2 Å². The number of rotatable bonds is 6. The number of ether oxygens (including phenoxy) is 1. The van der Waals surface area contributed by atoms with Gasteiger partial charge in [0.05, 0.1) is 21.1 Å². The van der Waals surface area contributed by atoms with E-state index in [4.69, 9.17) is 27.9 Å². The number of H-pyrrole nitrogens is 1. The van der Waals surface area contributed by atoms with Gasteiger partial charge in [0, 0.05) is 23.4 Å². The zero-order valence-corrected chi connectivity index (χ0v) is 15.7. The Morgan fingerprint density at radius 1 is 1.08 bits per heavy atom. The zero-order chi connectivity index (χ0) is 18.0. The van der Waals surface area contributed by atoms with Gasteiger partial charge in [-0.05, 0) is 37.4 Å². The van der Waals surface area contributed by atoms with Crippen LogP contribution in [0.3, 0.4) is 0 Å². The van der Waals surface area contributed by atoms with Gasteiger partial charge in [0.25, 0.3) is 0 Å². The number of fused-ring (bicyclic) bond motifs is 2. The van der Waals surface area contributed by atoms with E-state index in [2.05, 4.69) is 23.7 Å². The number of aromatic amines is 1. The Labute approximate surface area is 156 Å². The molecule has 0 aliphatic rings. The molecule has 0 saturated heterocycles. The predicted octanol–water partition coefficient (Wildman–Crippen LogP) is 4.71. The molecule has 0 amide bonds. The minimum Gasteiger partial charge on any atom is -0.492 e. The van der Waals surface area contributed by atoms with Crippen molar-refractivity contribution < 1.29 is 4.74 Å². The van der Waals surface area contributed by atoms with Gasteiger partial charge in [-0.15, -0.1) is 0 Å². The maximum atomic E-state index is 12.7. The number of likely N-dealkylation sites (N-methyl/N-ethyl adjacent to an activating group) is 1. The van der Waals surface area contributed by atoms with E-state index < -0.39 is 0 Å². The second-order valence-corrected chi connectivity index (χ2v) is 6.61. The van der Waals surface area contributed by atoms with E-state index >= 15 is 0 Å².